The Hall–Kier alpha value is -3.09. The van der Waals surface area contributed by atoms with Crippen molar-refractivity contribution in [3.8, 4) is 11.5 Å². The van der Waals surface area contributed by atoms with Crippen LogP contribution in [0.3, 0.4) is 0 Å². The van der Waals surface area contributed by atoms with Crippen molar-refractivity contribution < 1.29 is 34.1 Å². The molecule has 0 bridgehead atoms. The zero-order valence-corrected chi connectivity index (χ0v) is 16.0. The number of carbonyl (C=O) groups excluding carboxylic acids is 1. The quantitative estimate of drug-likeness (QED) is 0.408. The van der Waals surface area contributed by atoms with E-state index >= 15 is 0 Å². The lowest BCUT2D eigenvalue weighted by Gasteiger charge is -2.37. The summed E-state index contributed by atoms with van der Waals surface area (Å²) in [5.41, 5.74) is 6.70. The summed E-state index contributed by atoms with van der Waals surface area (Å²) < 4.78 is 11.1. The van der Waals surface area contributed by atoms with Crippen molar-refractivity contribution in [3.63, 3.8) is 0 Å². The van der Waals surface area contributed by atoms with Crippen LogP contribution in [0, 0.1) is 0 Å². The maximum Gasteiger partial charge on any atom is 0.430 e. The molecule has 2 atom stereocenters. The third kappa shape index (κ3) is 3.84. The van der Waals surface area contributed by atoms with Gasteiger partial charge in [-0.15, -0.1) is 0 Å². The van der Waals surface area contributed by atoms with Crippen molar-refractivity contribution in [2.45, 2.75) is 31.3 Å². The first-order chi connectivity index (χ1) is 14.2. The number of aromatic amines is 1. The van der Waals surface area contributed by atoms with Gasteiger partial charge in [-0.05, 0) is 18.1 Å². The van der Waals surface area contributed by atoms with Crippen molar-refractivity contribution in [3.05, 3.63) is 41.5 Å². The third-order valence-electron chi connectivity index (χ3n) is 5.37. The van der Waals surface area contributed by atoms with E-state index < -0.39 is 24.9 Å². The highest BCUT2D eigenvalue weighted by Gasteiger charge is 2.35. The number of amides is 1. The largest absolute Gasteiger partial charge is 0.669 e. The van der Waals surface area contributed by atoms with E-state index in [1.165, 1.54) is 12.4 Å². The van der Waals surface area contributed by atoms with E-state index in [2.05, 4.69) is 9.97 Å². The first-order valence-electron chi connectivity index (χ1n) is 9.63. The van der Waals surface area contributed by atoms with Crippen LogP contribution in [0.5, 0.6) is 11.5 Å². The zero-order chi connectivity index (χ0) is 21.5. The van der Waals surface area contributed by atoms with Crippen LogP contribution in [-0.4, -0.2) is 67.8 Å². The van der Waals surface area contributed by atoms with E-state index in [4.69, 9.17) is 15.1 Å². The van der Waals surface area contributed by atoms with Gasteiger partial charge in [-0.25, -0.2) is 9.78 Å². The minimum atomic E-state index is -3.11. The molecule has 4 rings (SSSR count). The predicted octanol–water partition coefficient (Wildman–Crippen LogP) is -0.354. The number of aromatic carboxylic acids is 1. The summed E-state index contributed by atoms with van der Waals surface area (Å²) in [7, 11) is 0. The Morgan fingerprint density at radius 1 is 1.40 bits per heavy atom. The highest BCUT2D eigenvalue weighted by Crippen LogP contribution is 2.39. The molecule has 0 aliphatic carbocycles. The number of aryl methyl sites for hydroxylation is 1. The number of ether oxygens (including phenoxy) is 1. The molecule has 2 aromatic rings. The van der Waals surface area contributed by atoms with Gasteiger partial charge in [-0.3, -0.25) is 4.79 Å². The Balaban J connectivity index is 1.50. The second-order valence-corrected chi connectivity index (χ2v) is 7.53. The molecular formula is C18H22BN4O7-. The molecule has 2 aliphatic rings. The fraction of sp³-hybridized carbons (Fsp3) is 0.389. The first-order valence-corrected chi connectivity index (χ1v) is 9.63. The predicted molar refractivity (Wildman–Crippen MR) is 104 cm³/mol. The van der Waals surface area contributed by atoms with Gasteiger partial charge in [0.05, 0.1) is 24.3 Å². The number of H-pyrrole nitrogens is 1. The smallest absolute Gasteiger partial charge is 0.430 e. The molecule has 0 saturated carbocycles. The van der Waals surface area contributed by atoms with E-state index in [-0.39, 0.29) is 42.3 Å². The van der Waals surface area contributed by atoms with Crippen molar-refractivity contribution in [1.29, 1.82) is 0 Å². The van der Waals surface area contributed by atoms with Crippen LogP contribution in [0.4, 0.5) is 0 Å². The van der Waals surface area contributed by atoms with Crippen LogP contribution >= 0.6 is 0 Å². The summed E-state index contributed by atoms with van der Waals surface area (Å²) >= 11 is 0. The summed E-state index contributed by atoms with van der Waals surface area (Å²) in [6, 6.07) is 2.28. The molecule has 0 spiro atoms. The van der Waals surface area contributed by atoms with Crippen LogP contribution in [0.2, 0.25) is 6.32 Å². The molecule has 0 radical (unpaired) electrons. The van der Waals surface area contributed by atoms with E-state index in [1.807, 2.05) is 0 Å². The number of aromatic nitrogens is 2. The fourth-order valence-electron chi connectivity index (χ4n) is 3.80. The molecule has 1 aromatic carbocycles. The minimum Gasteiger partial charge on any atom is -0.669 e. The van der Waals surface area contributed by atoms with Gasteiger partial charge in [0.2, 0.25) is 5.91 Å². The number of hydrogen-bond donors (Lipinski definition) is 5. The van der Waals surface area contributed by atoms with Crippen molar-refractivity contribution in [2.24, 2.45) is 5.73 Å². The molecule has 160 valence electrons. The number of nitrogens with zero attached hydrogens (tertiary/aromatic N) is 2. The first kappa shape index (κ1) is 20.2. The lowest BCUT2D eigenvalue weighted by Crippen LogP contribution is -2.45. The van der Waals surface area contributed by atoms with Gasteiger partial charge in [-0.1, -0.05) is 12.4 Å². The standard InChI is InChI=1S/C18H22BN4O7/c20-15(12-7-21-9-22-12)17(24)23-6-4-11(8-23)29-13-2-1-10-3-5-19(27,28)30-16(10)14(13)18(25)26/h1-2,7,9,11,15,27-28H,3-6,8,20H2,(H,21,22)(H,25,26)/q-1/t11-,15?/m1/s1. The summed E-state index contributed by atoms with van der Waals surface area (Å²) in [5.74, 6) is -1.65. The summed E-state index contributed by atoms with van der Waals surface area (Å²) in [5, 5.41) is 29.3. The van der Waals surface area contributed by atoms with Crippen molar-refractivity contribution >= 4 is 18.6 Å². The Morgan fingerprint density at radius 2 is 2.20 bits per heavy atom. The molecule has 1 saturated heterocycles. The van der Waals surface area contributed by atoms with Crippen molar-refractivity contribution in [2.75, 3.05) is 13.1 Å². The number of nitrogens with one attached hydrogen (secondary N) is 1. The molecule has 3 heterocycles. The number of nitrogens with two attached hydrogens (primary N) is 1. The normalized spacial score (nSPS) is 20.9. The second-order valence-electron chi connectivity index (χ2n) is 7.53. The zero-order valence-electron chi connectivity index (χ0n) is 16.0. The average molecular weight is 417 g/mol. The highest BCUT2D eigenvalue weighted by atomic mass is 16.6. The number of benzene rings is 1. The topological polar surface area (TPSA) is 171 Å². The molecule has 2 aliphatic heterocycles. The molecule has 1 amide bonds. The van der Waals surface area contributed by atoms with E-state index in [9.17, 15) is 24.7 Å². The fourth-order valence-corrected chi connectivity index (χ4v) is 3.80. The Bertz CT molecular complexity index is 966. The van der Waals surface area contributed by atoms with Gasteiger partial charge in [0.15, 0.2) is 0 Å². The number of likely N-dealkylation sites (tertiary alicyclic amines) is 1. The number of carboxylic acids is 1. The average Bonchev–Trinajstić information content (AvgIpc) is 3.37. The molecule has 11 nitrogen and oxygen atoms in total. The molecule has 30 heavy (non-hydrogen) atoms. The van der Waals surface area contributed by atoms with Gasteiger partial charge in [0.25, 0.3) is 0 Å². The maximum absolute atomic E-state index is 12.6. The molecule has 1 fully saturated rings. The Kier molecular flexibility index (Phi) is 5.14. The van der Waals surface area contributed by atoms with Gasteiger partial charge >= 0.3 is 12.7 Å². The van der Waals surface area contributed by atoms with Crippen molar-refractivity contribution in [1.82, 2.24) is 14.9 Å². The summed E-state index contributed by atoms with van der Waals surface area (Å²) in [4.78, 5) is 32.8. The molecule has 1 aromatic heterocycles. The van der Waals surface area contributed by atoms with Gasteiger partial charge in [-0.2, -0.15) is 0 Å². The maximum atomic E-state index is 12.6. The summed E-state index contributed by atoms with van der Waals surface area (Å²) in [6.45, 7) is -2.47. The molecule has 12 heteroatoms. The lowest BCUT2D eigenvalue weighted by molar-refractivity contribution is -0.132. The molecular weight excluding hydrogens is 395 g/mol. The van der Waals surface area contributed by atoms with Gasteiger partial charge in [0.1, 0.15) is 23.5 Å². The van der Waals surface area contributed by atoms with Crippen LogP contribution in [0.1, 0.15) is 34.1 Å². The van der Waals surface area contributed by atoms with Crippen LogP contribution < -0.4 is 15.1 Å². The second kappa shape index (κ2) is 7.63. The van der Waals surface area contributed by atoms with E-state index in [0.717, 1.165) is 0 Å². The van der Waals surface area contributed by atoms with Gasteiger partial charge in [0, 0.05) is 19.2 Å². The van der Waals surface area contributed by atoms with Gasteiger partial charge < -0.3 is 40.2 Å². The van der Waals surface area contributed by atoms with Crippen LogP contribution in [-0.2, 0) is 11.2 Å². The molecule has 1 unspecified atom stereocenters. The Labute approximate surface area is 171 Å². The Morgan fingerprint density at radius 3 is 2.90 bits per heavy atom. The monoisotopic (exact) mass is 417 g/mol. The number of hydrogen-bond acceptors (Lipinski definition) is 8. The highest BCUT2D eigenvalue weighted by molar-refractivity contribution is 6.59. The number of carbonyl (C=O) groups is 2. The molecule has 6 N–H and O–H groups in total. The van der Waals surface area contributed by atoms with E-state index in [1.54, 1.807) is 17.2 Å². The van der Waals surface area contributed by atoms with Crippen LogP contribution in [0.15, 0.2) is 24.7 Å². The number of carboxylic acid groups (broad SMARTS) is 1. The van der Waals surface area contributed by atoms with E-state index in [0.29, 0.717) is 24.2 Å². The third-order valence-corrected chi connectivity index (χ3v) is 5.37. The number of rotatable bonds is 5. The van der Waals surface area contributed by atoms with Crippen LogP contribution in [0.25, 0.3) is 0 Å². The SMILES string of the molecule is NC(C(=O)N1CC[C@@H](Oc2ccc3c(c2C(=O)O)O[B-](O)(O)CC3)C1)c1c[nH]cn1. The minimum absolute atomic E-state index is 0.0117. The summed E-state index contributed by atoms with van der Waals surface area (Å²) in [6.07, 6.45) is 3.31. The number of imidazole rings is 1. The number of fused-ring (bicyclic) bond motifs is 1. The lowest BCUT2D eigenvalue weighted by atomic mass is 9.70.